The van der Waals surface area contributed by atoms with E-state index in [9.17, 15) is 0 Å². The molecule has 4 heteroatoms. The number of methoxy groups -OCH3 is 3. The van der Waals surface area contributed by atoms with Crippen LogP contribution < -0.4 is 0 Å². The van der Waals surface area contributed by atoms with Crippen LogP contribution in [0.5, 0.6) is 0 Å². The second kappa shape index (κ2) is 8.17. The van der Waals surface area contributed by atoms with E-state index in [0.717, 1.165) is 43.9 Å². The average molecular weight is 206 g/mol. The molecule has 0 atom stereocenters. The molecule has 86 valence electrons. The Balaban J connectivity index is 3.89. The van der Waals surface area contributed by atoms with Gasteiger partial charge in [-0.15, -0.1) is 0 Å². The van der Waals surface area contributed by atoms with E-state index < -0.39 is 0 Å². The number of rotatable bonds is 9. The highest BCUT2D eigenvalue weighted by Gasteiger charge is 2.20. The summed E-state index contributed by atoms with van der Waals surface area (Å²) in [5, 5.41) is 0. The van der Waals surface area contributed by atoms with Crippen molar-refractivity contribution in [3.8, 4) is 0 Å². The molecule has 0 aromatic rings. The second-order valence-electron chi connectivity index (χ2n) is 3.77. The maximum Gasteiger partial charge on any atom is 0.102 e. The van der Waals surface area contributed by atoms with Crippen molar-refractivity contribution in [2.75, 3.05) is 67.8 Å². The molecular formula is C10H24NO3+. The van der Waals surface area contributed by atoms with Crippen molar-refractivity contribution in [3.63, 3.8) is 0 Å². The van der Waals surface area contributed by atoms with Crippen LogP contribution in [0.1, 0.15) is 0 Å². The van der Waals surface area contributed by atoms with Crippen molar-refractivity contribution in [1.82, 2.24) is 0 Å². The lowest BCUT2D eigenvalue weighted by molar-refractivity contribution is -0.910. The van der Waals surface area contributed by atoms with Gasteiger partial charge in [0.25, 0.3) is 0 Å². The zero-order valence-electron chi connectivity index (χ0n) is 9.91. The first kappa shape index (κ1) is 13.8. The SMILES string of the molecule is COCC[N+](C)(CCOC)CCOC. The molecule has 0 saturated carbocycles. The zero-order chi connectivity index (χ0) is 10.9. The summed E-state index contributed by atoms with van der Waals surface area (Å²) in [7, 11) is 7.40. The van der Waals surface area contributed by atoms with Gasteiger partial charge in [-0.1, -0.05) is 0 Å². The predicted octanol–water partition coefficient (Wildman–Crippen LogP) is 0.372. The standard InChI is InChI=1S/C10H24NO3/c1-11(5-8-12-2,6-9-13-3)7-10-14-4/h5-10H2,1-4H3/q+1. The van der Waals surface area contributed by atoms with Crippen LogP contribution in [-0.4, -0.2) is 72.3 Å². The lowest BCUT2D eigenvalue weighted by Gasteiger charge is -2.33. The maximum atomic E-state index is 5.10. The Kier molecular flexibility index (Phi) is 8.08. The van der Waals surface area contributed by atoms with E-state index in [1.54, 1.807) is 21.3 Å². The quantitative estimate of drug-likeness (QED) is 0.510. The molecule has 4 nitrogen and oxygen atoms in total. The van der Waals surface area contributed by atoms with Gasteiger partial charge in [0, 0.05) is 21.3 Å². The molecule has 0 bridgehead atoms. The maximum absolute atomic E-state index is 5.10. The molecule has 14 heavy (non-hydrogen) atoms. The molecule has 0 aliphatic rings. The molecule has 0 N–H and O–H groups in total. The number of nitrogens with zero attached hydrogens (tertiary/aromatic N) is 1. The number of hydrogen-bond acceptors (Lipinski definition) is 3. The lowest BCUT2D eigenvalue weighted by Crippen LogP contribution is -2.50. The zero-order valence-corrected chi connectivity index (χ0v) is 9.91. The highest BCUT2D eigenvalue weighted by molar-refractivity contribution is 4.40. The largest absolute Gasteiger partial charge is 0.379 e. The minimum Gasteiger partial charge on any atom is -0.379 e. The molecule has 0 radical (unpaired) electrons. The van der Waals surface area contributed by atoms with Crippen LogP contribution in [0.4, 0.5) is 0 Å². The minimum atomic E-state index is 0.782. The monoisotopic (exact) mass is 206 g/mol. The van der Waals surface area contributed by atoms with Gasteiger partial charge in [-0.2, -0.15) is 0 Å². The Morgan fingerprint density at radius 1 is 0.714 bits per heavy atom. The van der Waals surface area contributed by atoms with Crippen molar-refractivity contribution in [2.45, 2.75) is 0 Å². The van der Waals surface area contributed by atoms with Gasteiger partial charge in [0.1, 0.15) is 19.6 Å². The Morgan fingerprint density at radius 3 is 1.21 bits per heavy atom. The number of quaternary nitrogens is 1. The van der Waals surface area contributed by atoms with Crippen molar-refractivity contribution >= 4 is 0 Å². The van der Waals surface area contributed by atoms with Crippen molar-refractivity contribution in [1.29, 1.82) is 0 Å². The van der Waals surface area contributed by atoms with Crippen molar-refractivity contribution < 1.29 is 18.7 Å². The third-order valence-corrected chi connectivity index (χ3v) is 2.51. The summed E-state index contributed by atoms with van der Waals surface area (Å²) in [5.74, 6) is 0. The highest BCUT2D eigenvalue weighted by Crippen LogP contribution is 2.01. The van der Waals surface area contributed by atoms with Gasteiger partial charge < -0.3 is 18.7 Å². The van der Waals surface area contributed by atoms with Crippen LogP contribution in [0.2, 0.25) is 0 Å². The molecular weight excluding hydrogens is 182 g/mol. The summed E-state index contributed by atoms with van der Waals surface area (Å²) in [6.07, 6.45) is 0. The summed E-state index contributed by atoms with van der Waals surface area (Å²) in [5.41, 5.74) is 0. The predicted molar refractivity (Wildman–Crippen MR) is 56.4 cm³/mol. The summed E-state index contributed by atoms with van der Waals surface area (Å²) in [6.45, 7) is 5.35. The van der Waals surface area contributed by atoms with Gasteiger partial charge in [-0.3, -0.25) is 0 Å². The van der Waals surface area contributed by atoms with E-state index in [1.165, 1.54) is 0 Å². The average Bonchev–Trinajstić information content (AvgIpc) is 2.21. The third kappa shape index (κ3) is 6.32. The van der Waals surface area contributed by atoms with Crippen LogP contribution in [0, 0.1) is 0 Å². The summed E-state index contributed by atoms with van der Waals surface area (Å²) < 4.78 is 16.2. The topological polar surface area (TPSA) is 27.7 Å². The Bertz CT molecular complexity index is 109. The second-order valence-corrected chi connectivity index (χ2v) is 3.77. The first-order chi connectivity index (χ1) is 6.68. The summed E-state index contributed by atoms with van der Waals surface area (Å²) in [6, 6.07) is 0. The Hall–Kier alpha value is -0.160. The molecule has 0 spiro atoms. The molecule has 0 amide bonds. The molecule has 0 aromatic heterocycles. The van der Waals surface area contributed by atoms with Gasteiger partial charge in [0.15, 0.2) is 0 Å². The fourth-order valence-electron chi connectivity index (χ4n) is 1.27. The molecule has 0 aliphatic heterocycles. The Labute approximate surface area is 87.3 Å². The van der Waals surface area contributed by atoms with E-state index in [-0.39, 0.29) is 0 Å². The van der Waals surface area contributed by atoms with E-state index in [0.29, 0.717) is 0 Å². The molecule has 0 unspecified atom stereocenters. The van der Waals surface area contributed by atoms with Gasteiger partial charge in [-0.25, -0.2) is 0 Å². The molecule has 0 aromatic carbocycles. The molecule has 0 aliphatic carbocycles. The fourth-order valence-corrected chi connectivity index (χ4v) is 1.27. The minimum absolute atomic E-state index is 0.782. The van der Waals surface area contributed by atoms with Gasteiger partial charge in [-0.05, 0) is 0 Å². The molecule has 0 rings (SSSR count). The number of hydrogen-bond donors (Lipinski definition) is 0. The first-order valence-corrected chi connectivity index (χ1v) is 4.99. The van der Waals surface area contributed by atoms with E-state index >= 15 is 0 Å². The normalized spacial score (nSPS) is 12.0. The summed E-state index contributed by atoms with van der Waals surface area (Å²) >= 11 is 0. The number of likely N-dealkylation sites (N-methyl/N-ethyl adjacent to an activating group) is 1. The van der Waals surface area contributed by atoms with Gasteiger partial charge in [0.2, 0.25) is 0 Å². The Morgan fingerprint density at radius 2 is 1.00 bits per heavy atom. The number of ether oxygens (including phenoxy) is 3. The van der Waals surface area contributed by atoms with Crippen molar-refractivity contribution in [2.24, 2.45) is 0 Å². The van der Waals surface area contributed by atoms with Crippen LogP contribution in [0.3, 0.4) is 0 Å². The molecule has 0 heterocycles. The van der Waals surface area contributed by atoms with Crippen LogP contribution in [0.15, 0.2) is 0 Å². The third-order valence-electron chi connectivity index (χ3n) is 2.51. The first-order valence-electron chi connectivity index (χ1n) is 4.99. The van der Waals surface area contributed by atoms with Crippen molar-refractivity contribution in [3.05, 3.63) is 0 Å². The van der Waals surface area contributed by atoms with E-state index in [4.69, 9.17) is 14.2 Å². The molecule has 0 saturated heterocycles. The molecule has 0 fully saturated rings. The van der Waals surface area contributed by atoms with Crippen LogP contribution in [-0.2, 0) is 14.2 Å². The summed E-state index contributed by atoms with van der Waals surface area (Å²) in [4.78, 5) is 0. The van der Waals surface area contributed by atoms with Crippen LogP contribution in [0.25, 0.3) is 0 Å². The highest BCUT2D eigenvalue weighted by atomic mass is 16.5. The van der Waals surface area contributed by atoms with Crippen LogP contribution >= 0.6 is 0 Å². The fraction of sp³-hybridized carbons (Fsp3) is 1.00. The van der Waals surface area contributed by atoms with Gasteiger partial charge >= 0.3 is 0 Å². The van der Waals surface area contributed by atoms with Gasteiger partial charge in [0.05, 0.1) is 26.9 Å². The smallest absolute Gasteiger partial charge is 0.102 e. The lowest BCUT2D eigenvalue weighted by atomic mass is 10.3. The van der Waals surface area contributed by atoms with E-state index in [2.05, 4.69) is 7.05 Å². The van der Waals surface area contributed by atoms with E-state index in [1.807, 2.05) is 0 Å².